The Morgan fingerprint density at radius 3 is 2.73 bits per heavy atom. The van der Waals surface area contributed by atoms with Crippen LogP contribution in [0, 0.1) is 6.92 Å². The summed E-state index contributed by atoms with van der Waals surface area (Å²) in [6.07, 6.45) is 5.35. The maximum atomic E-state index is 11.9. The molecule has 1 fully saturated rings. The molecule has 0 saturated carbocycles. The predicted molar refractivity (Wildman–Crippen MR) is 87.7 cm³/mol. The molecule has 1 amide bonds. The van der Waals surface area contributed by atoms with Gasteiger partial charge in [0.25, 0.3) is 0 Å². The van der Waals surface area contributed by atoms with Crippen LogP contribution in [-0.4, -0.2) is 71.3 Å². The molecule has 0 bridgehead atoms. The molecule has 2 rings (SSSR count). The molecule has 22 heavy (non-hydrogen) atoms. The van der Waals surface area contributed by atoms with Crippen LogP contribution in [0.25, 0.3) is 0 Å². The molecule has 0 radical (unpaired) electrons. The van der Waals surface area contributed by atoms with E-state index in [-0.39, 0.29) is 5.91 Å². The van der Waals surface area contributed by atoms with E-state index in [1.807, 2.05) is 24.0 Å². The van der Waals surface area contributed by atoms with Gasteiger partial charge in [-0.1, -0.05) is 0 Å². The Morgan fingerprint density at radius 2 is 2.09 bits per heavy atom. The van der Waals surface area contributed by atoms with Crippen LogP contribution in [0.1, 0.15) is 25.3 Å². The van der Waals surface area contributed by atoms with Gasteiger partial charge in [0.1, 0.15) is 0 Å². The Kier molecular flexibility index (Phi) is 6.39. The number of carbonyl (C=O) groups is 1. The molecule has 1 aliphatic heterocycles. The van der Waals surface area contributed by atoms with Crippen molar-refractivity contribution in [1.82, 2.24) is 24.9 Å². The highest BCUT2D eigenvalue weighted by molar-refractivity contribution is 5.75. The lowest BCUT2D eigenvalue weighted by atomic mass is 10.1. The highest BCUT2D eigenvalue weighted by atomic mass is 16.1. The Balaban J connectivity index is 1.58. The van der Waals surface area contributed by atoms with Gasteiger partial charge in [-0.05, 0) is 32.9 Å². The Morgan fingerprint density at radius 1 is 1.36 bits per heavy atom. The number of hydrogen-bond acceptors (Lipinski definition) is 4. The van der Waals surface area contributed by atoms with E-state index >= 15 is 0 Å². The number of carbonyl (C=O) groups excluding carboxylic acids is 1. The van der Waals surface area contributed by atoms with Crippen LogP contribution in [0.5, 0.6) is 0 Å². The molecule has 1 atom stereocenters. The molecule has 1 aliphatic rings. The second-order valence-electron chi connectivity index (χ2n) is 6.36. The first-order valence-electron chi connectivity index (χ1n) is 8.23. The highest BCUT2D eigenvalue weighted by Crippen LogP contribution is 2.09. The van der Waals surface area contributed by atoms with Crippen molar-refractivity contribution in [2.75, 3.05) is 39.8 Å². The Bertz CT molecular complexity index is 465. The van der Waals surface area contributed by atoms with E-state index in [9.17, 15) is 4.79 Å². The van der Waals surface area contributed by atoms with Gasteiger partial charge in [0.15, 0.2) is 0 Å². The number of nitrogens with zero attached hydrogens (tertiary/aromatic N) is 4. The molecule has 1 N–H and O–H groups in total. The van der Waals surface area contributed by atoms with Crippen LogP contribution in [0.4, 0.5) is 0 Å². The second-order valence-corrected chi connectivity index (χ2v) is 6.36. The molecule has 0 aliphatic carbocycles. The first-order valence-corrected chi connectivity index (χ1v) is 8.23. The maximum absolute atomic E-state index is 11.9. The smallest absolute Gasteiger partial charge is 0.220 e. The minimum atomic E-state index is 0.143. The highest BCUT2D eigenvalue weighted by Gasteiger charge is 2.19. The average Bonchev–Trinajstić information content (AvgIpc) is 2.91. The second kappa shape index (κ2) is 8.29. The Labute approximate surface area is 133 Å². The monoisotopic (exact) mass is 307 g/mol. The van der Waals surface area contributed by atoms with Gasteiger partial charge in [-0.25, -0.2) is 0 Å². The van der Waals surface area contributed by atoms with E-state index in [2.05, 4.69) is 34.2 Å². The fraction of sp³-hybridized carbons (Fsp3) is 0.750. The molecule has 1 unspecified atom stereocenters. The van der Waals surface area contributed by atoms with Crippen LogP contribution >= 0.6 is 0 Å². The van der Waals surface area contributed by atoms with Crippen LogP contribution in [0.2, 0.25) is 0 Å². The van der Waals surface area contributed by atoms with Crippen molar-refractivity contribution in [2.45, 2.75) is 39.3 Å². The molecule has 1 saturated heterocycles. The first kappa shape index (κ1) is 17.0. The third-order valence-corrected chi connectivity index (χ3v) is 4.38. The van der Waals surface area contributed by atoms with Gasteiger partial charge in [-0.3, -0.25) is 14.4 Å². The summed E-state index contributed by atoms with van der Waals surface area (Å²) in [5.74, 6) is 0.143. The number of hydrogen-bond donors (Lipinski definition) is 1. The van der Waals surface area contributed by atoms with Crippen molar-refractivity contribution >= 4 is 5.91 Å². The molecule has 0 aromatic carbocycles. The fourth-order valence-corrected chi connectivity index (χ4v) is 2.77. The fourth-order valence-electron chi connectivity index (χ4n) is 2.77. The number of nitrogens with one attached hydrogen (secondary N) is 1. The van der Waals surface area contributed by atoms with Crippen LogP contribution in [0.15, 0.2) is 12.4 Å². The lowest BCUT2D eigenvalue weighted by Gasteiger charge is -2.36. The molecule has 1 aromatic rings. The zero-order valence-electron chi connectivity index (χ0n) is 14.1. The SMILES string of the molecule is Cc1cnn(CCNC(=O)CCC(C)N2CCN(C)CC2)c1. The van der Waals surface area contributed by atoms with Crippen LogP contribution < -0.4 is 5.32 Å². The molecular formula is C16H29N5O. The van der Waals surface area contributed by atoms with Gasteiger partial charge in [0.2, 0.25) is 5.91 Å². The zero-order chi connectivity index (χ0) is 15.9. The van der Waals surface area contributed by atoms with Gasteiger partial charge in [-0.15, -0.1) is 0 Å². The lowest BCUT2D eigenvalue weighted by molar-refractivity contribution is -0.121. The van der Waals surface area contributed by atoms with Crippen LogP contribution in [0.3, 0.4) is 0 Å². The number of likely N-dealkylation sites (N-methyl/N-ethyl adjacent to an activating group) is 1. The summed E-state index contributed by atoms with van der Waals surface area (Å²) in [6, 6.07) is 0.480. The van der Waals surface area contributed by atoms with Crippen molar-refractivity contribution in [2.24, 2.45) is 0 Å². The van der Waals surface area contributed by atoms with Crippen molar-refractivity contribution in [1.29, 1.82) is 0 Å². The topological polar surface area (TPSA) is 53.4 Å². The number of rotatable bonds is 7. The lowest BCUT2D eigenvalue weighted by Crippen LogP contribution is -2.48. The minimum Gasteiger partial charge on any atom is -0.354 e. The maximum Gasteiger partial charge on any atom is 0.220 e. The number of piperazine rings is 1. The van der Waals surface area contributed by atoms with Gasteiger partial charge < -0.3 is 10.2 Å². The predicted octanol–water partition coefficient (Wildman–Crippen LogP) is 0.724. The van der Waals surface area contributed by atoms with Crippen molar-refractivity contribution in [3.8, 4) is 0 Å². The number of amides is 1. The number of aromatic nitrogens is 2. The van der Waals surface area contributed by atoms with E-state index in [4.69, 9.17) is 0 Å². The molecule has 6 nitrogen and oxygen atoms in total. The standard InChI is InChI=1S/C16H29N5O/c1-14-12-18-21(13-14)7-6-17-16(22)5-4-15(2)20-10-8-19(3)9-11-20/h12-13,15H,4-11H2,1-3H3,(H,17,22). The summed E-state index contributed by atoms with van der Waals surface area (Å²) >= 11 is 0. The quantitative estimate of drug-likeness (QED) is 0.807. The van der Waals surface area contributed by atoms with Gasteiger partial charge in [0, 0.05) is 51.4 Å². The summed E-state index contributed by atoms with van der Waals surface area (Å²) < 4.78 is 1.86. The first-order chi connectivity index (χ1) is 10.5. The summed E-state index contributed by atoms with van der Waals surface area (Å²) in [5, 5.41) is 7.19. The summed E-state index contributed by atoms with van der Waals surface area (Å²) in [4.78, 5) is 16.8. The molecule has 0 spiro atoms. The number of aryl methyl sites for hydroxylation is 1. The third-order valence-electron chi connectivity index (χ3n) is 4.38. The minimum absolute atomic E-state index is 0.143. The Hall–Kier alpha value is -1.40. The molecular weight excluding hydrogens is 278 g/mol. The van der Waals surface area contributed by atoms with Crippen LogP contribution in [-0.2, 0) is 11.3 Å². The van der Waals surface area contributed by atoms with Crippen molar-refractivity contribution in [3.05, 3.63) is 18.0 Å². The van der Waals surface area contributed by atoms with E-state index in [1.165, 1.54) is 0 Å². The normalized spacial score (nSPS) is 18.3. The average molecular weight is 307 g/mol. The van der Waals surface area contributed by atoms with E-state index < -0.39 is 0 Å². The van der Waals surface area contributed by atoms with Gasteiger partial charge in [0.05, 0.1) is 12.7 Å². The molecule has 6 heteroatoms. The molecule has 124 valence electrons. The summed E-state index contributed by atoms with van der Waals surface area (Å²) in [6.45, 7) is 10.1. The zero-order valence-corrected chi connectivity index (χ0v) is 14.1. The summed E-state index contributed by atoms with van der Waals surface area (Å²) in [7, 11) is 2.16. The molecule has 1 aromatic heterocycles. The van der Waals surface area contributed by atoms with E-state index in [0.29, 0.717) is 19.0 Å². The van der Waals surface area contributed by atoms with E-state index in [0.717, 1.165) is 44.7 Å². The summed E-state index contributed by atoms with van der Waals surface area (Å²) in [5.41, 5.74) is 1.15. The molecule has 2 heterocycles. The van der Waals surface area contributed by atoms with E-state index in [1.54, 1.807) is 0 Å². The largest absolute Gasteiger partial charge is 0.354 e. The van der Waals surface area contributed by atoms with Gasteiger partial charge in [-0.2, -0.15) is 5.10 Å². The van der Waals surface area contributed by atoms with Gasteiger partial charge >= 0.3 is 0 Å². The van der Waals surface area contributed by atoms with Crippen molar-refractivity contribution in [3.63, 3.8) is 0 Å². The third kappa shape index (κ3) is 5.42. The van der Waals surface area contributed by atoms with Crippen molar-refractivity contribution < 1.29 is 4.79 Å².